The minimum Gasteiger partial charge on any atom is -0.490 e. The second kappa shape index (κ2) is 11.1. The quantitative estimate of drug-likeness (QED) is 0.602. The fraction of sp³-hybridized carbons (Fsp3) is 0.364. The van der Waals surface area contributed by atoms with Crippen molar-refractivity contribution in [1.29, 1.82) is 0 Å². The molecule has 156 valence electrons. The summed E-state index contributed by atoms with van der Waals surface area (Å²) in [6.45, 7) is 6.85. The van der Waals surface area contributed by atoms with Gasteiger partial charge in [0.2, 0.25) is 5.91 Å². The fourth-order valence-electron chi connectivity index (χ4n) is 2.90. The van der Waals surface area contributed by atoms with E-state index in [9.17, 15) is 9.59 Å². The Morgan fingerprint density at radius 1 is 0.931 bits per heavy atom. The predicted octanol–water partition coefficient (Wildman–Crippen LogP) is 3.33. The highest BCUT2D eigenvalue weighted by Crippen LogP contribution is 2.31. The largest absolute Gasteiger partial charge is 0.490 e. The van der Waals surface area contributed by atoms with Crippen molar-refractivity contribution in [2.24, 2.45) is 0 Å². The second-order valence-corrected chi connectivity index (χ2v) is 6.37. The van der Waals surface area contributed by atoms with E-state index in [0.29, 0.717) is 24.7 Å². The Morgan fingerprint density at radius 2 is 1.59 bits per heavy atom. The Labute approximate surface area is 171 Å². The lowest BCUT2D eigenvalue weighted by atomic mass is 10.0. The molecule has 0 unspecified atom stereocenters. The molecule has 0 heterocycles. The van der Waals surface area contributed by atoms with Crippen LogP contribution in [0, 0.1) is 0 Å². The molecule has 0 spiro atoms. The summed E-state index contributed by atoms with van der Waals surface area (Å²) in [5.74, 6) is 0.909. The van der Waals surface area contributed by atoms with Gasteiger partial charge in [0.25, 0.3) is 0 Å². The van der Waals surface area contributed by atoms with E-state index in [1.165, 1.54) is 7.05 Å². The maximum absolute atomic E-state index is 12.7. The summed E-state index contributed by atoms with van der Waals surface area (Å²) < 4.78 is 11.3. The third kappa shape index (κ3) is 6.22. The average Bonchev–Trinajstić information content (AvgIpc) is 2.73. The summed E-state index contributed by atoms with van der Waals surface area (Å²) in [4.78, 5) is 24.3. The van der Waals surface area contributed by atoms with E-state index in [2.05, 4.69) is 16.0 Å². The highest BCUT2D eigenvalue weighted by atomic mass is 16.5. The molecule has 0 aromatic heterocycles. The Morgan fingerprint density at radius 3 is 2.21 bits per heavy atom. The van der Waals surface area contributed by atoms with Crippen molar-refractivity contribution in [2.75, 3.05) is 20.3 Å². The van der Waals surface area contributed by atoms with Gasteiger partial charge < -0.3 is 14.8 Å². The topological polar surface area (TPSA) is 88.7 Å². The summed E-state index contributed by atoms with van der Waals surface area (Å²) in [6, 6.07) is 13.5. The van der Waals surface area contributed by atoms with Crippen molar-refractivity contribution < 1.29 is 19.1 Å². The number of imide groups is 1. The lowest BCUT2D eigenvalue weighted by Gasteiger charge is -2.24. The van der Waals surface area contributed by atoms with Crippen LogP contribution in [-0.4, -0.2) is 32.2 Å². The maximum Gasteiger partial charge on any atom is 0.321 e. The summed E-state index contributed by atoms with van der Waals surface area (Å²) in [5.41, 5.74) is 1.70. The smallest absolute Gasteiger partial charge is 0.321 e. The summed E-state index contributed by atoms with van der Waals surface area (Å²) >= 11 is 0. The van der Waals surface area contributed by atoms with E-state index < -0.39 is 18.0 Å². The molecule has 0 aliphatic rings. The van der Waals surface area contributed by atoms with E-state index >= 15 is 0 Å². The first-order valence-electron chi connectivity index (χ1n) is 9.73. The number of ether oxygens (including phenoxy) is 2. The zero-order valence-corrected chi connectivity index (χ0v) is 17.3. The van der Waals surface area contributed by atoms with E-state index in [1.54, 1.807) is 0 Å². The van der Waals surface area contributed by atoms with Gasteiger partial charge in [-0.15, -0.1) is 0 Å². The molecule has 2 aromatic rings. The van der Waals surface area contributed by atoms with E-state index in [4.69, 9.17) is 9.47 Å². The minimum atomic E-state index is -0.703. The van der Waals surface area contributed by atoms with Crippen LogP contribution in [0.4, 0.5) is 4.79 Å². The first kappa shape index (κ1) is 22.2. The normalized spacial score (nSPS) is 12.6. The zero-order chi connectivity index (χ0) is 21.2. The van der Waals surface area contributed by atoms with Crippen molar-refractivity contribution in [2.45, 2.75) is 32.9 Å². The molecule has 0 bridgehead atoms. The molecule has 3 N–H and O–H groups in total. The van der Waals surface area contributed by atoms with Crippen LogP contribution in [0.25, 0.3) is 0 Å². The Balaban J connectivity index is 2.27. The molecule has 0 aliphatic carbocycles. The Kier molecular flexibility index (Phi) is 8.48. The van der Waals surface area contributed by atoms with Crippen molar-refractivity contribution >= 4 is 11.9 Å². The molecule has 7 heteroatoms. The van der Waals surface area contributed by atoms with Crippen LogP contribution >= 0.6 is 0 Å². The van der Waals surface area contributed by atoms with Crippen LogP contribution in [0.15, 0.2) is 48.5 Å². The number of nitrogens with one attached hydrogen (secondary N) is 3. The lowest BCUT2D eigenvalue weighted by Crippen LogP contribution is -2.44. The van der Waals surface area contributed by atoms with Gasteiger partial charge in [-0.2, -0.15) is 0 Å². The van der Waals surface area contributed by atoms with Gasteiger partial charge in [0, 0.05) is 13.1 Å². The second-order valence-electron chi connectivity index (χ2n) is 6.37. The number of hydrogen-bond acceptors (Lipinski definition) is 5. The molecule has 0 radical (unpaired) electrons. The number of carbonyl (C=O) groups excluding carboxylic acids is 2. The number of carbonyl (C=O) groups is 2. The van der Waals surface area contributed by atoms with Gasteiger partial charge in [0.1, 0.15) is 6.04 Å². The van der Waals surface area contributed by atoms with Gasteiger partial charge in [0.05, 0.1) is 13.2 Å². The number of rotatable bonds is 9. The molecule has 0 aliphatic heterocycles. The van der Waals surface area contributed by atoms with Crippen LogP contribution in [0.3, 0.4) is 0 Å². The SMILES string of the molecule is CCOc1ccc([C@@H](C)N[C@@H](C(=O)NC(=O)NC)c2ccccc2)cc1OCC. The molecule has 3 amide bonds. The summed E-state index contributed by atoms with van der Waals surface area (Å²) in [5, 5.41) is 8.06. The number of benzene rings is 2. The molecule has 2 rings (SSSR count). The molecule has 0 saturated heterocycles. The number of hydrogen-bond donors (Lipinski definition) is 3. The van der Waals surface area contributed by atoms with Gasteiger partial charge in [0.15, 0.2) is 11.5 Å². The fourth-order valence-corrected chi connectivity index (χ4v) is 2.90. The predicted molar refractivity (Wildman–Crippen MR) is 112 cm³/mol. The van der Waals surface area contributed by atoms with Gasteiger partial charge in [-0.05, 0) is 44.0 Å². The first-order chi connectivity index (χ1) is 14.0. The number of urea groups is 1. The molecule has 0 fully saturated rings. The van der Waals surface area contributed by atoms with Gasteiger partial charge in [-0.25, -0.2) is 4.79 Å². The molecule has 2 aromatic carbocycles. The first-order valence-corrected chi connectivity index (χ1v) is 9.73. The molecule has 29 heavy (non-hydrogen) atoms. The van der Waals surface area contributed by atoms with Crippen molar-refractivity contribution in [3.63, 3.8) is 0 Å². The van der Waals surface area contributed by atoms with Crippen molar-refractivity contribution in [3.05, 3.63) is 59.7 Å². The van der Waals surface area contributed by atoms with Crippen LogP contribution in [0.1, 0.15) is 44.0 Å². The van der Waals surface area contributed by atoms with Crippen LogP contribution < -0.4 is 25.4 Å². The minimum absolute atomic E-state index is 0.189. The number of amides is 3. The summed E-state index contributed by atoms with van der Waals surface area (Å²) in [6.07, 6.45) is 0. The lowest BCUT2D eigenvalue weighted by molar-refractivity contribution is -0.122. The Bertz CT molecular complexity index is 811. The molecular weight excluding hydrogens is 370 g/mol. The van der Waals surface area contributed by atoms with Gasteiger partial charge >= 0.3 is 6.03 Å². The maximum atomic E-state index is 12.7. The third-order valence-electron chi connectivity index (χ3n) is 4.34. The molecular formula is C22H29N3O4. The van der Waals surface area contributed by atoms with Crippen LogP contribution in [0.2, 0.25) is 0 Å². The molecule has 7 nitrogen and oxygen atoms in total. The molecule has 0 saturated carbocycles. The van der Waals surface area contributed by atoms with Gasteiger partial charge in [-0.1, -0.05) is 36.4 Å². The van der Waals surface area contributed by atoms with Crippen molar-refractivity contribution in [1.82, 2.24) is 16.0 Å². The van der Waals surface area contributed by atoms with Crippen molar-refractivity contribution in [3.8, 4) is 11.5 Å². The van der Waals surface area contributed by atoms with Crippen LogP contribution in [-0.2, 0) is 4.79 Å². The van der Waals surface area contributed by atoms with Crippen LogP contribution in [0.5, 0.6) is 11.5 Å². The third-order valence-corrected chi connectivity index (χ3v) is 4.34. The monoisotopic (exact) mass is 399 g/mol. The van der Waals surface area contributed by atoms with E-state index in [0.717, 1.165) is 11.1 Å². The van der Waals surface area contributed by atoms with E-state index in [-0.39, 0.29) is 6.04 Å². The zero-order valence-electron chi connectivity index (χ0n) is 17.3. The van der Waals surface area contributed by atoms with E-state index in [1.807, 2.05) is 69.3 Å². The standard InChI is InChI=1S/C22H29N3O4/c1-5-28-18-13-12-17(14-19(18)29-6-2)15(3)24-20(16-10-8-7-9-11-16)21(26)25-22(27)23-4/h7-15,20,24H,5-6H2,1-4H3,(H2,23,25,26,27)/t15-,20-/m1/s1. The highest BCUT2D eigenvalue weighted by molar-refractivity contribution is 5.97. The summed E-state index contributed by atoms with van der Waals surface area (Å²) in [7, 11) is 1.46. The average molecular weight is 399 g/mol. The van der Waals surface area contributed by atoms with Gasteiger partial charge in [-0.3, -0.25) is 15.4 Å². The highest BCUT2D eigenvalue weighted by Gasteiger charge is 2.24. The molecule has 2 atom stereocenters. The Hall–Kier alpha value is -3.06.